The van der Waals surface area contributed by atoms with Crippen LogP contribution in [0.3, 0.4) is 0 Å². The first-order valence-electron chi connectivity index (χ1n) is 6.17. The lowest BCUT2D eigenvalue weighted by Gasteiger charge is -2.34. The van der Waals surface area contributed by atoms with Gasteiger partial charge in [0.25, 0.3) is 0 Å². The van der Waals surface area contributed by atoms with Gasteiger partial charge in [-0.3, -0.25) is 4.90 Å². The molecule has 0 bridgehead atoms. The van der Waals surface area contributed by atoms with Crippen LogP contribution in [0, 0.1) is 5.82 Å². The Morgan fingerprint density at radius 2 is 2.11 bits per heavy atom. The highest BCUT2D eigenvalue weighted by Gasteiger charge is 2.22. The van der Waals surface area contributed by atoms with Crippen LogP contribution >= 0.6 is 12.4 Å². The topological polar surface area (TPSA) is 24.5 Å². The fraction of sp³-hybridized carbons (Fsp3) is 0.429. The Labute approximate surface area is 119 Å². The predicted octanol–water partition coefficient (Wildman–Crippen LogP) is 2.39. The summed E-state index contributed by atoms with van der Waals surface area (Å²) in [5.41, 5.74) is 0.968. The van der Waals surface area contributed by atoms with Crippen LogP contribution in [0.2, 0.25) is 0 Å². The van der Waals surface area contributed by atoms with Crippen LogP contribution in [0.1, 0.15) is 11.6 Å². The van der Waals surface area contributed by atoms with Crippen molar-refractivity contribution in [3.63, 3.8) is 0 Å². The number of hydrogen-bond donors (Lipinski definition) is 1. The van der Waals surface area contributed by atoms with Crippen molar-refractivity contribution in [1.82, 2.24) is 10.2 Å². The molecule has 1 atom stereocenters. The Balaban J connectivity index is 0.00000180. The van der Waals surface area contributed by atoms with Crippen molar-refractivity contribution in [2.45, 2.75) is 6.04 Å². The van der Waals surface area contributed by atoms with Crippen LogP contribution in [0.4, 0.5) is 4.39 Å². The molecule has 0 aromatic heterocycles. The van der Waals surface area contributed by atoms with Gasteiger partial charge in [-0.25, -0.2) is 4.39 Å². The maximum atomic E-state index is 13.2. The highest BCUT2D eigenvalue weighted by Crippen LogP contribution is 2.31. The molecule has 5 heteroatoms. The first kappa shape index (κ1) is 16.0. The quantitative estimate of drug-likeness (QED) is 0.860. The number of nitrogens with one attached hydrogen (secondary N) is 1. The predicted molar refractivity (Wildman–Crippen MR) is 77.6 cm³/mol. The van der Waals surface area contributed by atoms with E-state index in [-0.39, 0.29) is 24.3 Å². The molecule has 0 amide bonds. The van der Waals surface area contributed by atoms with Gasteiger partial charge in [0.15, 0.2) is 0 Å². The van der Waals surface area contributed by atoms with E-state index < -0.39 is 0 Å². The van der Waals surface area contributed by atoms with Gasteiger partial charge in [-0.2, -0.15) is 0 Å². The van der Waals surface area contributed by atoms with Crippen molar-refractivity contribution < 1.29 is 9.13 Å². The van der Waals surface area contributed by atoms with Crippen LogP contribution in [0.15, 0.2) is 30.9 Å². The molecule has 0 aliphatic carbocycles. The molecule has 1 aromatic rings. The van der Waals surface area contributed by atoms with E-state index in [0.29, 0.717) is 5.75 Å². The normalized spacial score (nSPS) is 17.4. The first-order valence-corrected chi connectivity index (χ1v) is 6.17. The molecule has 19 heavy (non-hydrogen) atoms. The van der Waals surface area contributed by atoms with E-state index in [4.69, 9.17) is 4.74 Å². The van der Waals surface area contributed by atoms with Gasteiger partial charge in [-0.1, -0.05) is 12.1 Å². The Morgan fingerprint density at radius 3 is 2.68 bits per heavy atom. The van der Waals surface area contributed by atoms with Crippen molar-refractivity contribution >= 4 is 12.4 Å². The second-order valence-electron chi connectivity index (χ2n) is 4.35. The minimum Gasteiger partial charge on any atom is -0.496 e. The molecular weight excluding hydrogens is 267 g/mol. The lowest BCUT2D eigenvalue weighted by atomic mass is 10.0. The maximum Gasteiger partial charge on any atom is 0.126 e. The molecule has 1 heterocycles. The second kappa shape index (κ2) is 7.48. The maximum absolute atomic E-state index is 13.2. The summed E-state index contributed by atoms with van der Waals surface area (Å²) in [5.74, 6) is 0.303. The molecule has 3 nitrogen and oxygen atoms in total. The third-order valence-corrected chi connectivity index (χ3v) is 3.28. The van der Waals surface area contributed by atoms with Crippen molar-refractivity contribution in [3.05, 3.63) is 42.2 Å². The minimum atomic E-state index is -0.279. The molecule has 1 aromatic carbocycles. The second-order valence-corrected chi connectivity index (χ2v) is 4.35. The summed E-state index contributed by atoms with van der Waals surface area (Å²) in [7, 11) is 1.57. The monoisotopic (exact) mass is 286 g/mol. The number of nitrogens with zero attached hydrogens (tertiary/aromatic N) is 1. The fourth-order valence-electron chi connectivity index (χ4n) is 2.36. The molecule has 1 aliphatic rings. The summed E-state index contributed by atoms with van der Waals surface area (Å²) in [4.78, 5) is 2.32. The lowest BCUT2D eigenvalue weighted by molar-refractivity contribution is 0.200. The molecule has 0 spiro atoms. The van der Waals surface area contributed by atoms with E-state index in [0.717, 1.165) is 31.7 Å². The zero-order valence-electron chi connectivity index (χ0n) is 11.1. The van der Waals surface area contributed by atoms with Crippen LogP contribution in [0.5, 0.6) is 5.75 Å². The van der Waals surface area contributed by atoms with Crippen molar-refractivity contribution in [1.29, 1.82) is 0 Å². The third kappa shape index (κ3) is 3.69. The number of piperazine rings is 1. The van der Waals surface area contributed by atoms with Crippen LogP contribution in [-0.4, -0.2) is 38.2 Å². The molecule has 1 saturated heterocycles. The summed E-state index contributed by atoms with van der Waals surface area (Å²) in [5, 5.41) is 3.32. The van der Waals surface area contributed by atoms with Crippen LogP contribution < -0.4 is 10.1 Å². The number of rotatable bonds is 4. The average Bonchev–Trinajstić information content (AvgIpc) is 2.42. The summed E-state index contributed by atoms with van der Waals surface area (Å²) in [6.45, 7) is 7.74. The van der Waals surface area contributed by atoms with Gasteiger partial charge < -0.3 is 10.1 Å². The van der Waals surface area contributed by atoms with E-state index >= 15 is 0 Å². The minimum absolute atomic E-state index is 0. The van der Waals surface area contributed by atoms with Crippen molar-refractivity contribution in [2.75, 3.05) is 33.3 Å². The number of benzene rings is 1. The first-order chi connectivity index (χ1) is 8.76. The van der Waals surface area contributed by atoms with Crippen molar-refractivity contribution in [2.24, 2.45) is 0 Å². The number of methoxy groups -OCH3 is 1. The van der Waals surface area contributed by atoms with Gasteiger partial charge in [0.05, 0.1) is 13.2 Å². The Morgan fingerprint density at radius 1 is 1.42 bits per heavy atom. The molecule has 0 radical (unpaired) electrons. The molecule has 1 N–H and O–H groups in total. The van der Waals surface area contributed by atoms with E-state index in [1.807, 2.05) is 6.08 Å². The summed E-state index contributed by atoms with van der Waals surface area (Å²) < 4.78 is 18.5. The van der Waals surface area contributed by atoms with Crippen LogP contribution in [-0.2, 0) is 0 Å². The van der Waals surface area contributed by atoms with Gasteiger partial charge in [-0.15, -0.1) is 19.0 Å². The van der Waals surface area contributed by atoms with E-state index in [1.54, 1.807) is 13.2 Å². The fourth-order valence-corrected chi connectivity index (χ4v) is 2.36. The molecule has 1 fully saturated rings. The van der Waals surface area contributed by atoms with Gasteiger partial charge >= 0.3 is 0 Å². The number of hydrogen-bond acceptors (Lipinski definition) is 3. The van der Waals surface area contributed by atoms with Gasteiger partial charge in [0, 0.05) is 37.8 Å². The van der Waals surface area contributed by atoms with Gasteiger partial charge in [0.2, 0.25) is 0 Å². The van der Waals surface area contributed by atoms with Crippen LogP contribution in [0.25, 0.3) is 0 Å². The molecule has 1 aliphatic heterocycles. The zero-order valence-corrected chi connectivity index (χ0v) is 11.9. The van der Waals surface area contributed by atoms with E-state index in [2.05, 4.69) is 16.8 Å². The number of ether oxygens (including phenoxy) is 1. The molecule has 106 valence electrons. The third-order valence-electron chi connectivity index (χ3n) is 3.28. The molecule has 2 rings (SSSR count). The number of halogens is 2. The summed E-state index contributed by atoms with van der Waals surface area (Å²) in [6, 6.07) is 4.75. The molecular formula is C14H20ClFN2O. The van der Waals surface area contributed by atoms with Crippen molar-refractivity contribution in [3.8, 4) is 5.75 Å². The largest absolute Gasteiger partial charge is 0.496 e. The summed E-state index contributed by atoms with van der Waals surface area (Å²) >= 11 is 0. The lowest BCUT2D eigenvalue weighted by Crippen LogP contribution is -2.44. The van der Waals surface area contributed by atoms with Gasteiger partial charge in [-0.05, 0) is 6.07 Å². The Hall–Kier alpha value is -1.10. The Kier molecular flexibility index (Phi) is 6.28. The zero-order chi connectivity index (χ0) is 13.0. The molecule has 0 saturated carbocycles. The highest BCUT2D eigenvalue weighted by atomic mass is 35.5. The van der Waals surface area contributed by atoms with Gasteiger partial charge in [0.1, 0.15) is 11.6 Å². The SMILES string of the molecule is C=C[C@@H](c1ccc(F)cc1OC)N1CCNCC1.Cl. The Bertz CT molecular complexity index is 422. The summed E-state index contributed by atoms with van der Waals surface area (Å²) in [6.07, 6.45) is 1.89. The standard InChI is InChI=1S/C14H19FN2O.ClH/c1-3-13(17-8-6-16-7-9-17)12-5-4-11(15)10-14(12)18-2;/h3-5,10,13,16H,1,6-9H2,2H3;1H/t13-;/m0./s1. The molecule has 0 unspecified atom stereocenters. The average molecular weight is 287 g/mol. The highest BCUT2D eigenvalue weighted by molar-refractivity contribution is 5.85. The smallest absolute Gasteiger partial charge is 0.126 e. The van der Waals surface area contributed by atoms with E-state index in [1.165, 1.54) is 12.1 Å². The van der Waals surface area contributed by atoms with E-state index in [9.17, 15) is 4.39 Å².